The van der Waals surface area contributed by atoms with Gasteiger partial charge in [0.1, 0.15) is 4.83 Å². The molecule has 2 aromatic carbocycles. The van der Waals surface area contributed by atoms with Gasteiger partial charge < -0.3 is 0 Å². The van der Waals surface area contributed by atoms with E-state index < -0.39 is 0 Å². The second kappa shape index (κ2) is 5.35. The first-order valence-electron chi connectivity index (χ1n) is 8.44. The summed E-state index contributed by atoms with van der Waals surface area (Å²) in [6, 6.07) is 23.1. The molecular formula is C21H17N3S+2. The summed E-state index contributed by atoms with van der Waals surface area (Å²) in [6.07, 6.45) is 1.86. The van der Waals surface area contributed by atoms with Crippen LogP contribution in [0.3, 0.4) is 0 Å². The number of thiophene rings is 1. The Morgan fingerprint density at radius 3 is 2.64 bits per heavy atom. The van der Waals surface area contributed by atoms with E-state index in [9.17, 15) is 0 Å². The zero-order valence-corrected chi connectivity index (χ0v) is 14.9. The maximum absolute atomic E-state index is 4.50. The van der Waals surface area contributed by atoms with Crippen molar-refractivity contribution in [1.82, 2.24) is 9.56 Å². The van der Waals surface area contributed by atoms with Gasteiger partial charge in [-0.15, -0.1) is 11.3 Å². The van der Waals surface area contributed by atoms with Gasteiger partial charge in [-0.2, -0.15) is 0 Å². The average molecular weight is 343 g/mol. The van der Waals surface area contributed by atoms with Crippen LogP contribution in [0, 0.1) is 0 Å². The van der Waals surface area contributed by atoms with Gasteiger partial charge in [0.25, 0.3) is 11.4 Å². The Morgan fingerprint density at radius 1 is 0.960 bits per heavy atom. The number of nitrogens with zero attached hydrogens (tertiary/aromatic N) is 3. The number of hydrogen-bond acceptors (Lipinski definition) is 2. The number of pyridine rings is 1. The van der Waals surface area contributed by atoms with Crippen molar-refractivity contribution in [2.45, 2.75) is 19.9 Å². The zero-order chi connectivity index (χ0) is 17.0. The molecule has 1 aliphatic heterocycles. The van der Waals surface area contributed by atoms with E-state index in [2.05, 4.69) is 82.5 Å². The molecule has 5 rings (SSSR count). The van der Waals surface area contributed by atoms with Crippen molar-refractivity contribution in [1.29, 1.82) is 0 Å². The van der Waals surface area contributed by atoms with E-state index in [0.717, 1.165) is 10.5 Å². The Kier molecular flexibility index (Phi) is 3.11. The Morgan fingerprint density at radius 2 is 1.80 bits per heavy atom. The third-order valence-electron chi connectivity index (χ3n) is 4.60. The van der Waals surface area contributed by atoms with E-state index in [4.69, 9.17) is 0 Å². The molecule has 0 saturated carbocycles. The maximum atomic E-state index is 4.50. The Bertz CT molecular complexity index is 1210. The zero-order valence-electron chi connectivity index (χ0n) is 14.1. The van der Waals surface area contributed by atoms with Crippen molar-refractivity contribution in [3.63, 3.8) is 0 Å². The van der Waals surface area contributed by atoms with E-state index >= 15 is 0 Å². The molecule has 3 heterocycles. The summed E-state index contributed by atoms with van der Waals surface area (Å²) in [6.45, 7) is 4.38. The summed E-state index contributed by atoms with van der Waals surface area (Å²) in [4.78, 5) is 5.59. The summed E-state index contributed by atoms with van der Waals surface area (Å²) in [5.41, 5.74) is 3.51. The van der Waals surface area contributed by atoms with Crippen LogP contribution in [-0.2, 0) is 0 Å². The van der Waals surface area contributed by atoms with Crippen LogP contribution in [0.5, 0.6) is 0 Å². The van der Waals surface area contributed by atoms with Gasteiger partial charge in [-0.3, -0.25) is 0 Å². The normalized spacial score (nSPS) is 13.4. The van der Waals surface area contributed by atoms with Gasteiger partial charge in [-0.1, -0.05) is 16.7 Å². The summed E-state index contributed by atoms with van der Waals surface area (Å²) in [5.74, 6) is 0. The van der Waals surface area contributed by atoms with Gasteiger partial charge in [0.2, 0.25) is 5.69 Å². The smallest absolute Gasteiger partial charge is 0.245 e. The first-order valence-corrected chi connectivity index (χ1v) is 9.26. The molecular weight excluding hydrogens is 326 g/mol. The van der Waals surface area contributed by atoms with Crippen molar-refractivity contribution < 1.29 is 4.58 Å². The van der Waals surface area contributed by atoms with Crippen LogP contribution in [0.2, 0.25) is 0 Å². The molecule has 4 heteroatoms. The number of aromatic nitrogens is 1. The average Bonchev–Trinajstić information content (AvgIpc) is 3.19. The van der Waals surface area contributed by atoms with E-state index in [1.165, 1.54) is 26.8 Å². The van der Waals surface area contributed by atoms with E-state index in [1.54, 1.807) is 11.3 Å². The van der Waals surface area contributed by atoms with Crippen LogP contribution in [0.15, 0.2) is 60.8 Å². The first-order chi connectivity index (χ1) is 12.2. The highest BCUT2D eigenvalue weighted by molar-refractivity contribution is 7.25. The monoisotopic (exact) mass is 343 g/mol. The molecule has 3 nitrogen and oxygen atoms in total. The summed E-state index contributed by atoms with van der Waals surface area (Å²) in [5, 5.41) is 2.50. The minimum Gasteiger partial charge on any atom is -0.245 e. The molecule has 0 amide bonds. The van der Waals surface area contributed by atoms with Crippen LogP contribution >= 0.6 is 11.3 Å². The summed E-state index contributed by atoms with van der Waals surface area (Å²) in [7, 11) is 0. The van der Waals surface area contributed by atoms with E-state index in [0.29, 0.717) is 6.04 Å². The quantitative estimate of drug-likeness (QED) is 0.438. The lowest BCUT2D eigenvalue weighted by Gasteiger charge is -1.97. The Hall–Kier alpha value is -2.81. The molecule has 120 valence electrons. The van der Waals surface area contributed by atoms with Gasteiger partial charge >= 0.3 is 6.01 Å². The number of benzene rings is 2. The van der Waals surface area contributed by atoms with Crippen LogP contribution in [0.4, 0.5) is 17.1 Å². The SMILES string of the molecule is CC(C)[N+]1=C=[N+](c2ccc3c(c2)sc2ncccc23)c2ccccc21. The maximum Gasteiger partial charge on any atom is 0.496 e. The Labute approximate surface area is 149 Å². The number of fused-ring (bicyclic) bond motifs is 4. The predicted octanol–water partition coefficient (Wildman–Crippen LogP) is 5.52. The minimum absolute atomic E-state index is 0.364. The van der Waals surface area contributed by atoms with Crippen molar-refractivity contribution in [2.75, 3.05) is 0 Å². The topological polar surface area (TPSA) is 18.9 Å². The molecule has 25 heavy (non-hydrogen) atoms. The largest absolute Gasteiger partial charge is 0.496 e. The Balaban J connectivity index is 1.75. The number of hydrogen-bond donors (Lipinski definition) is 0. The van der Waals surface area contributed by atoms with E-state index in [-0.39, 0.29) is 0 Å². The van der Waals surface area contributed by atoms with Gasteiger partial charge in [0.15, 0.2) is 6.04 Å². The van der Waals surface area contributed by atoms with Gasteiger partial charge in [0.05, 0.1) is 0 Å². The molecule has 0 unspecified atom stereocenters. The van der Waals surface area contributed by atoms with Gasteiger partial charge in [-0.25, -0.2) is 4.98 Å². The predicted molar refractivity (Wildman–Crippen MR) is 105 cm³/mol. The number of para-hydroxylation sites is 2. The molecule has 0 aliphatic carbocycles. The highest BCUT2D eigenvalue weighted by Gasteiger charge is 2.36. The van der Waals surface area contributed by atoms with E-state index in [1.807, 2.05) is 12.3 Å². The lowest BCUT2D eigenvalue weighted by Crippen LogP contribution is -2.12. The molecule has 2 aromatic heterocycles. The van der Waals surface area contributed by atoms with Crippen LogP contribution in [-0.4, -0.2) is 21.6 Å². The fourth-order valence-electron chi connectivity index (χ4n) is 3.40. The van der Waals surface area contributed by atoms with Crippen LogP contribution in [0.1, 0.15) is 13.8 Å². The van der Waals surface area contributed by atoms with Crippen molar-refractivity contribution >= 4 is 54.7 Å². The molecule has 0 spiro atoms. The van der Waals surface area contributed by atoms with Crippen molar-refractivity contribution in [2.24, 2.45) is 0 Å². The molecule has 0 saturated heterocycles. The van der Waals surface area contributed by atoms with Crippen LogP contribution in [0.25, 0.3) is 20.3 Å². The van der Waals surface area contributed by atoms with Crippen LogP contribution < -0.4 is 4.58 Å². The standard InChI is InChI=1S/C21H17N3S/c1-14(2)23-13-24(19-8-4-3-7-18(19)23)15-9-10-16-17-6-5-11-22-21(17)25-20(16)12-15/h3-12,14H,1-2H3/q+2. The molecule has 4 aromatic rings. The third kappa shape index (κ3) is 2.15. The molecule has 0 N–H and O–H groups in total. The lowest BCUT2D eigenvalue weighted by molar-refractivity contribution is -0.466. The summed E-state index contributed by atoms with van der Waals surface area (Å²) < 4.78 is 5.62. The second-order valence-electron chi connectivity index (χ2n) is 6.53. The molecule has 0 atom stereocenters. The minimum atomic E-state index is 0.364. The molecule has 0 fully saturated rings. The highest BCUT2D eigenvalue weighted by atomic mass is 32.1. The highest BCUT2D eigenvalue weighted by Crippen LogP contribution is 2.38. The molecule has 1 aliphatic rings. The van der Waals surface area contributed by atoms with Gasteiger partial charge in [0, 0.05) is 45.9 Å². The third-order valence-corrected chi connectivity index (χ3v) is 5.67. The fraction of sp³-hybridized carbons (Fsp3) is 0.143. The second-order valence-corrected chi connectivity index (χ2v) is 7.56. The van der Waals surface area contributed by atoms with Crippen molar-refractivity contribution in [3.05, 3.63) is 60.8 Å². The molecule has 0 radical (unpaired) electrons. The number of rotatable bonds is 2. The van der Waals surface area contributed by atoms with Crippen molar-refractivity contribution in [3.8, 4) is 0 Å². The lowest BCUT2D eigenvalue weighted by atomic mass is 10.1. The van der Waals surface area contributed by atoms with Gasteiger partial charge in [-0.05, 0) is 36.6 Å². The fourth-order valence-corrected chi connectivity index (χ4v) is 4.48. The molecule has 0 bridgehead atoms. The summed E-state index contributed by atoms with van der Waals surface area (Å²) >= 11 is 1.74. The first kappa shape index (κ1) is 14.5.